The highest BCUT2D eigenvalue weighted by Gasteiger charge is 2.23. The molecule has 32 heavy (non-hydrogen) atoms. The van der Waals surface area contributed by atoms with Crippen molar-refractivity contribution < 1.29 is 27.1 Å². The number of hydrogen-bond acceptors (Lipinski definition) is 3. The van der Waals surface area contributed by atoms with Crippen LogP contribution in [0.15, 0.2) is 77.7 Å². The van der Waals surface area contributed by atoms with Gasteiger partial charge in [0.25, 0.3) is 10.0 Å². The van der Waals surface area contributed by atoms with E-state index in [1.807, 2.05) is 0 Å². The Bertz CT molecular complexity index is 1490. The SMILES string of the molecule is O=C(O)c1cccc(-c2ccc(NS(=O)(=O)c3cc(Cl)c(F)cc3F)c3ccccc23)c1. The summed E-state index contributed by atoms with van der Waals surface area (Å²) in [5.74, 6) is -3.41. The van der Waals surface area contributed by atoms with Crippen LogP contribution in [0.5, 0.6) is 0 Å². The maximum atomic E-state index is 14.2. The number of nitrogens with one attached hydrogen (secondary N) is 1. The molecule has 0 bridgehead atoms. The fourth-order valence-electron chi connectivity index (χ4n) is 3.37. The number of sulfonamides is 1. The molecule has 0 unspecified atom stereocenters. The van der Waals surface area contributed by atoms with Gasteiger partial charge in [-0.3, -0.25) is 4.72 Å². The molecule has 0 heterocycles. The largest absolute Gasteiger partial charge is 0.478 e. The average molecular weight is 474 g/mol. The van der Waals surface area contributed by atoms with Crippen LogP contribution >= 0.6 is 11.6 Å². The molecule has 0 aliphatic carbocycles. The van der Waals surface area contributed by atoms with Crippen LogP contribution in [0.1, 0.15) is 10.4 Å². The third kappa shape index (κ3) is 4.02. The number of carbonyl (C=O) groups is 1. The maximum Gasteiger partial charge on any atom is 0.335 e. The minimum absolute atomic E-state index is 0.111. The van der Waals surface area contributed by atoms with Crippen LogP contribution in [0.2, 0.25) is 5.02 Å². The van der Waals surface area contributed by atoms with Gasteiger partial charge in [-0.15, -0.1) is 0 Å². The molecule has 4 aromatic rings. The second-order valence-corrected chi connectivity index (χ2v) is 8.95. The summed E-state index contributed by atoms with van der Waals surface area (Å²) in [5.41, 5.74) is 1.59. The van der Waals surface area contributed by atoms with Crippen molar-refractivity contribution in [2.24, 2.45) is 0 Å². The summed E-state index contributed by atoms with van der Waals surface area (Å²) in [5, 5.41) is 9.89. The van der Waals surface area contributed by atoms with Crippen molar-refractivity contribution in [3.05, 3.63) is 95.0 Å². The van der Waals surface area contributed by atoms with Crippen molar-refractivity contribution in [3.8, 4) is 11.1 Å². The van der Waals surface area contributed by atoms with E-state index in [0.29, 0.717) is 34.0 Å². The van der Waals surface area contributed by atoms with Crippen molar-refractivity contribution in [1.29, 1.82) is 0 Å². The predicted octanol–water partition coefficient (Wildman–Crippen LogP) is 5.94. The smallest absolute Gasteiger partial charge is 0.335 e. The van der Waals surface area contributed by atoms with Crippen LogP contribution in [-0.2, 0) is 10.0 Å². The molecule has 162 valence electrons. The Labute approximate surface area is 186 Å². The van der Waals surface area contributed by atoms with E-state index in [9.17, 15) is 27.1 Å². The summed E-state index contributed by atoms with van der Waals surface area (Å²) in [6.07, 6.45) is 0. The molecule has 4 rings (SSSR count). The maximum absolute atomic E-state index is 14.2. The second kappa shape index (κ2) is 8.22. The van der Waals surface area contributed by atoms with Crippen LogP contribution in [0.25, 0.3) is 21.9 Å². The normalized spacial score (nSPS) is 11.5. The lowest BCUT2D eigenvalue weighted by Gasteiger charge is -2.15. The van der Waals surface area contributed by atoms with Gasteiger partial charge in [0.15, 0.2) is 0 Å². The Morgan fingerprint density at radius 1 is 0.875 bits per heavy atom. The number of carboxylic acids is 1. The van der Waals surface area contributed by atoms with Gasteiger partial charge in [-0.1, -0.05) is 54.1 Å². The lowest BCUT2D eigenvalue weighted by atomic mass is 9.96. The third-order valence-corrected chi connectivity index (χ3v) is 6.52. The first-order chi connectivity index (χ1) is 15.2. The average Bonchev–Trinajstić information content (AvgIpc) is 2.76. The molecule has 0 spiro atoms. The lowest BCUT2D eigenvalue weighted by Crippen LogP contribution is -2.15. The minimum atomic E-state index is -4.42. The van der Waals surface area contributed by atoms with Gasteiger partial charge < -0.3 is 5.11 Å². The number of halogens is 3. The fraction of sp³-hybridized carbons (Fsp3) is 0. The molecule has 4 aromatic carbocycles. The highest BCUT2D eigenvalue weighted by Crippen LogP contribution is 2.35. The summed E-state index contributed by atoms with van der Waals surface area (Å²) in [7, 11) is -4.42. The van der Waals surface area contributed by atoms with Crippen LogP contribution in [0.4, 0.5) is 14.5 Å². The van der Waals surface area contributed by atoms with Crippen LogP contribution in [0, 0.1) is 11.6 Å². The Kier molecular flexibility index (Phi) is 5.58. The Morgan fingerprint density at radius 3 is 2.31 bits per heavy atom. The van der Waals surface area contributed by atoms with E-state index in [4.69, 9.17) is 11.6 Å². The highest BCUT2D eigenvalue weighted by atomic mass is 35.5. The van der Waals surface area contributed by atoms with E-state index in [2.05, 4.69) is 4.72 Å². The third-order valence-electron chi connectivity index (χ3n) is 4.85. The van der Waals surface area contributed by atoms with E-state index in [-0.39, 0.29) is 11.3 Å². The first-order valence-corrected chi connectivity index (χ1v) is 11.1. The molecule has 0 amide bonds. The van der Waals surface area contributed by atoms with Crippen molar-refractivity contribution >= 4 is 44.1 Å². The summed E-state index contributed by atoms with van der Waals surface area (Å²) in [6, 6.07) is 17.5. The Morgan fingerprint density at radius 2 is 1.59 bits per heavy atom. The summed E-state index contributed by atoms with van der Waals surface area (Å²) in [4.78, 5) is 10.5. The van der Waals surface area contributed by atoms with Crippen LogP contribution < -0.4 is 4.72 Å². The summed E-state index contributed by atoms with van der Waals surface area (Å²) >= 11 is 5.64. The number of rotatable bonds is 5. The zero-order valence-electron chi connectivity index (χ0n) is 16.1. The molecular formula is C23H14ClF2NO4S. The minimum Gasteiger partial charge on any atom is -0.478 e. The molecule has 0 fully saturated rings. The van der Waals surface area contributed by atoms with Crippen molar-refractivity contribution in [2.75, 3.05) is 4.72 Å². The molecule has 0 aliphatic rings. The topological polar surface area (TPSA) is 83.5 Å². The molecule has 0 aliphatic heterocycles. The predicted molar refractivity (Wildman–Crippen MR) is 119 cm³/mol. The van der Waals surface area contributed by atoms with Gasteiger partial charge in [0.1, 0.15) is 16.5 Å². The fourth-order valence-corrected chi connectivity index (χ4v) is 4.76. The monoisotopic (exact) mass is 473 g/mol. The molecule has 0 saturated carbocycles. The van der Waals surface area contributed by atoms with E-state index >= 15 is 0 Å². The number of anilines is 1. The molecule has 0 saturated heterocycles. The Balaban J connectivity index is 1.83. The van der Waals surface area contributed by atoms with Gasteiger partial charge in [0.2, 0.25) is 0 Å². The zero-order valence-corrected chi connectivity index (χ0v) is 17.7. The number of hydrogen-bond donors (Lipinski definition) is 2. The van der Waals surface area contributed by atoms with Crippen molar-refractivity contribution in [2.45, 2.75) is 4.90 Å². The number of benzene rings is 4. The number of fused-ring (bicyclic) bond motifs is 1. The van der Waals surface area contributed by atoms with Gasteiger partial charge in [-0.2, -0.15) is 0 Å². The van der Waals surface area contributed by atoms with E-state index in [0.717, 1.165) is 0 Å². The quantitative estimate of drug-likeness (QED) is 0.351. The summed E-state index contributed by atoms with van der Waals surface area (Å²) in [6.45, 7) is 0. The van der Waals surface area contributed by atoms with Gasteiger partial charge in [-0.05, 0) is 40.8 Å². The van der Waals surface area contributed by atoms with Gasteiger partial charge in [0.05, 0.1) is 16.3 Å². The molecule has 2 N–H and O–H groups in total. The van der Waals surface area contributed by atoms with E-state index < -0.39 is 37.5 Å². The van der Waals surface area contributed by atoms with Gasteiger partial charge in [-0.25, -0.2) is 22.0 Å². The first-order valence-electron chi connectivity index (χ1n) is 9.20. The second-order valence-electron chi connectivity index (χ2n) is 6.89. The first kappa shape index (κ1) is 21.7. The van der Waals surface area contributed by atoms with E-state index in [1.54, 1.807) is 42.5 Å². The zero-order chi connectivity index (χ0) is 23.0. The lowest BCUT2D eigenvalue weighted by molar-refractivity contribution is 0.0697. The van der Waals surface area contributed by atoms with Gasteiger partial charge >= 0.3 is 5.97 Å². The van der Waals surface area contributed by atoms with Crippen LogP contribution in [0.3, 0.4) is 0 Å². The highest BCUT2D eigenvalue weighted by molar-refractivity contribution is 7.92. The standard InChI is InChI=1S/C23H14ClF2NO4S/c24-18-11-22(20(26)12-19(18)25)32(30,31)27-21-9-8-15(16-6-1-2-7-17(16)21)13-4-3-5-14(10-13)23(28)29/h1-12,27H,(H,28,29). The van der Waals surface area contributed by atoms with E-state index in [1.165, 1.54) is 18.2 Å². The number of aromatic carboxylic acids is 1. The molecule has 9 heteroatoms. The molecule has 0 aromatic heterocycles. The number of carboxylic acid groups (broad SMARTS) is 1. The summed E-state index contributed by atoms with van der Waals surface area (Å²) < 4.78 is 55.6. The van der Waals surface area contributed by atoms with Crippen molar-refractivity contribution in [1.82, 2.24) is 0 Å². The Hall–Kier alpha value is -3.49. The molecule has 0 radical (unpaired) electrons. The molecule has 0 atom stereocenters. The van der Waals surface area contributed by atoms with Crippen LogP contribution in [-0.4, -0.2) is 19.5 Å². The van der Waals surface area contributed by atoms with Gasteiger partial charge in [0, 0.05) is 11.5 Å². The molecule has 5 nitrogen and oxygen atoms in total. The molecular weight excluding hydrogens is 460 g/mol. The van der Waals surface area contributed by atoms with Crippen molar-refractivity contribution in [3.63, 3.8) is 0 Å².